The largest absolute Gasteiger partial charge is 0.425 e. The minimum atomic E-state index is -0.359. The van der Waals surface area contributed by atoms with Crippen LogP contribution in [0.15, 0.2) is 16.8 Å². The maximum absolute atomic E-state index is 12.5. The van der Waals surface area contributed by atoms with E-state index in [1.54, 1.807) is 11.1 Å². The summed E-state index contributed by atoms with van der Waals surface area (Å²) in [7, 11) is 0. The Labute approximate surface area is 145 Å². The predicted octanol–water partition coefficient (Wildman–Crippen LogP) is 1.10. The SMILES string of the molecule is CC(C)c1nnc(CCC(=O)N2CCO[C@@H](c3nccnc3N)C2)o1. The van der Waals surface area contributed by atoms with Crippen molar-refractivity contribution < 1.29 is 13.9 Å². The van der Waals surface area contributed by atoms with Gasteiger partial charge in [0.05, 0.1) is 13.2 Å². The smallest absolute Gasteiger partial charge is 0.223 e. The van der Waals surface area contributed by atoms with Gasteiger partial charge < -0.3 is 19.8 Å². The molecule has 9 nitrogen and oxygen atoms in total. The molecule has 3 heterocycles. The lowest BCUT2D eigenvalue weighted by molar-refractivity contribution is -0.139. The average Bonchev–Trinajstić information content (AvgIpc) is 3.09. The van der Waals surface area contributed by atoms with Crippen LogP contribution in [0.25, 0.3) is 0 Å². The molecule has 0 saturated carbocycles. The second-order valence-electron chi connectivity index (χ2n) is 6.21. The van der Waals surface area contributed by atoms with Crippen molar-refractivity contribution >= 4 is 11.7 Å². The number of carbonyl (C=O) groups excluding carboxylic acids is 1. The van der Waals surface area contributed by atoms with Crippen LogP contribution in [-0.2, 0) is 16.0 Å². The van der Waals surface area contributed by atoms with Crippen molar-refractivity contribution in [3.05, 3.63) is 29.9 Å². The fourth-order valence-electron chi connectivity index (χ4n) is 2.62. The van der Waals surface area contributed by atoms with Gasteiger partial charge in [-0.2, -0.15) is 0 Å². The van der Waals surface area contributed by atoms with Crippen molar-refractivity contribution in [2.45, 2.75) is 38.7 Å². The Morgan fingerprint density at radius 2 is 2.16 bits per heavy atom. The second kappa shape index (κ2) is 7.56. The number of nitrogens with two attached hydrogens (primary N) is 1. The molecule has 3 rings (SSSR count). The summed E-state index contributed by atoms with van der Waals surface area (Å²) in [5, 5.41) is 7.96. The van der Waals surface area contributed by atoms with Crippen molar-refractivity contribution in [1.82, 2.24) is 25.1 Å². The van der Waals surface area contributed by atoms with E-state index in [9.17, 15) is 4.79 Å². The highest BCUT2D eigenvalue weighted by atomic mass is 16.5. The van der Waals surface area contributed by atoms with Gasteiger partial charge in [0.25, 0.3) is 0 Å². The van der Waals surface area contributed by atoms with E-state index in [0.29, 0.717) is 55.8 Å². The first-order valence-corrected chi connectivity index (χ1v) is 8.32. The molecule has 0 aromatic carbocycles. The molecule has 0 radical (unpaired) electrons. The highest BCUT2D eigenvalue weighted by Crippen LogP contribution is 2.24. The van der Waals surface area contributed by atoms with Gasteiger partial charge in [-0.05, 0) is 0 Å². The van der Waals surface area contributed by atoms with E-state index in [-0.39, 0.29) is 17.9 Å². The number of nitrogens with zero attached hydrogens (tertiary/aromatic N) is 5. The maximum atomic E-state index is 12.5. The summed E-state index contributed by atoms with van der Waals surface area (Å²) < 4.78 is 11.2. The Hall–Kier alpha value is -2.55. The highest BCUT2D eigenvalue weighted by Gasteiger charge is 2.28. The molecule has 1 aliphatic rings. The van der Waals surface area contributed by atoms with Gasteiger partial charge in [-0.25, -0.2) is 4.98 Å². The quantitative estimate of drug-likeness (QED) is 0.854. The number of nitrogen functional groups attached to an aromatic ring is 1. The molecule has 1 atom stereocenters. The van der Waals surface area contributed by atoms with Gasteiger partial charge in [-0.3, -0.25) is 9.78 Å². The monoisotopic (exact) mass is 346 g/mol. The Balaban J connectivity index is 1.57. The summed E-state index contributed by atoms with van der Waals surface area (Å²) in [6.45, 7) is 5.34. The topological polar surface area (TPSA) is 120 Å². The first-order chi connectivity index (χ1) is 12.0. The zero-order chi connectivity index (χ0) is 17.8. The molecule has 2 aromatic rings. The van der Waals surface area contributed by atoms with Crippen LogP contribution in [0.3, 0.4) is 0 Å². The minimum Gasteiger partial charge on any atom is -0.425 e. The van der Waals surface area contributed by atoms with E-state index in [0.717, 1.165) is 0 Å². The fourth-order valence-corrected chi connectivity index (χ4v) is 2.62. The zero-order valence-corrected chi connectivity index (χ0v) is 14.4. The van der Waals surface area contributed by atoms with E-state index in [1.807, 2.05) is 13.8 Å². The van der Waals surface area contributed by atoms with Crippen LogP contribution in [0.2, 0.25) is 0 Å². The molecule has 0 bridgehead atoms. The van der Waals surface area contributed by atoms with Crippen molar-refractivity contribution in [3.63, 3.8) is 0 Å². The van der Waals surface area contributed by atoms with Crippen LogP contribution in [-0.4, -0.2) is 50.7 Å². The van der Waals surface area contributed by atoms with Crippen LogP contribution in [0.4, 0.5) is 5.82 Å². The lowest BCUT2D eigenvalue weighted by Gasteiger charge is -2.32. The van der Waals surface area contributed by atoms with Crippen LogP contribution < -0.4 is 5.73 Å². The lowest BCUT2D eigenvalue weighted by Crippen LogP contribution is -2.42. The van der Waals surface area contributed by atoms with Gasteiger partial charge in [-0.1, -0.05) is 13.8 Å². The summed E-state index contributed by atoms with van der Waals surface area (Å²) in [5.74, 6) is 1.59. The van der Waals surface area contributed by atoms with E-state index >= 15 is 0 Å². The molecule has 2 N–H and O–H groups in total. The first kappa shape index (κ1) is 17.3. The van der Waals surface area contributed by atoms with E-state index in [1.165, 1.54) is 6.20 Å². The third-order valence-electron chi connectivity index (χ3n) is 4.01. The number of rotatable bonds is 5. The van der Waals surface area contributed by atoms with Gasteiger partial charge in [0.15, 0.2) is 0 Å². The molecule has 1 aliphatic heterocycles. The number of aromatic nitrogens is 4. The van der Waals surface area contributed by atoms with Crippen LogP contribution >= 0.6 is 0 Å². The molecule has 134 valence electrons. The average molecular weight is 346 g/mol. The Kier molecular flexibility index (Phi) is 5.22. The molecule has 1 amide bonds. The van der Waals surface area contributed by atoms with E-state index in [2.05, 4.69) is 20.2 Å². The Bertz CT molecular complexity index is 732. The summed E-state index contributed by atoms with van der Waals surface area (Å²) in [6.07, 6.45) is 3.47. The first-order valence-electron chi connectivity index (χ1n) is 8.32. The van der Waals surface area contributed by atoms with Gasteiger partial charge >= 0.3 is 0 Å². The molecule has 2 aromatic heterocycles. The number of hydrogen-bond donors (Lipinski definition) is 1. The van der Waals surface area contributed by atoms with Crippen molar-refractivity contribution in [2.24, 2.45) is 0 Å². The molecule has 25 heavy (non-hydrogen) atoms. The van der Waals surface area contributed by atoms with Crippen molar-refractivity contribution in [1.29, 1.82) is 0 Å². The summed E-state index contributed by atoms with van der Waals surface area (Å²) in [5.41, 5.74) is 6.42. The van der Waals surface area contributed by atoms with Crippen molar-refractivity contribution in [3.8, 4) is 0 Å². The third kappa shape index (κ3) is 4.11. The molecular formula is C16H22N6O3. The van der Waals surface area contributed by atoms with Gasteiger partial charge in [0, 0.05) is 37.7 Å². The van der Waals surface area contributed by atoms with Crippen LogP contribution in [0.5, 0.6) is 0 Å². The van der Waals surface area contributed by atoms with E-state index in [4.69, 9.17) is 14.9 Å². The van der Waals surface area contributed by atoms with Gasteiger partial charge in [0.2, 0.25) is 17.7 Å². The predicted molar refractivity (Wildman–Crippen MR) is 88.4 cm³/mol. The number of morpholine rings is 1. The van der Waals surface area contributed by atoms with Gasteiger partial charge in [-0.15, -0.1) is 10.2 Å². The molecule has 9 heteroatoms. The van der Waals surface area contributed by atoms with Crippen LogP contribution in [0, 0.1) is 0 Å². The number of amides is 1. The number of hydrogen-bond acceptors (Lipinski definition) is 8. The molecular weight excluding hydrogens is 324 g/mol. The lowest BCUT2D eigenvalue weighted by atomic mass is 10.1. The van der Waals surface area contributed by atoms with E-state index < -0.39 is 0 Å². The van der Waals surface area contributed by atoms with Crippen molar-refractivity contribution in [2.75, 3.05) is 25.4 Å². The zero-order valence-electron chi connectivity index (χ0n) is 14.4. The fraction of sp³-hybridized carbons (Fsp3) is 0.562. The van der Waals surface area contributed by atoms with Crippen LogP contribution in [0.1, 0.15) is 49.8 Å². The standard InChI is InChI=1S/C16H22N6O3/c1-10(2)16-21-20-12(25-16)3-4-13(23)22-7-8-24-11(9-22)14-15(17)19-6-5-18-14/h5-6,10-11H,3-4,7-9H2,1-2H3,(H2,17,19)/t11-/m1/s1. The van der Waals surface area contributed by atoms with Gasteiger partial charge in [0.1, 0.15) is 17.6 Å². The molecule has 0 aliphatic carbocycles. The number of anilines is 1. The molecule has 1 fully saturated rings. The maximum Gasteiger partial charge on any atom is 0.223 e. The summed E-state index contributed by atoms with van der Waals surface area (Å²) in [4.78, 5) is 22.5. The number of ether oxygens (including phenoxy) is 1. The number of carbonyl (C=O) groups is 1. The highest BCUT2D eigenvalue weighted by molar-refractivity contribution is 5.76. The Morgan fingerprint density at radius 3 is 2.88 bits per heavy atom. The normalized spacial score (nSPS) is 17.9. The summed E-state index contributed by atoms with van der Waals surface area (Å²) >= 11 is 0. The molecule has 0 unspecified atom stereocenters. The minimum absolute atomic E-state index is 0.0139. The molecule has 1 saturated heterocycles. The molecule has 0 spiro atoms. The summed E-state index contributed by atoms with van der Waals surface area (Å²) in [6, 6.07) is 0. The Morgan fingerprint density at radius 1 is 1.36 bits per heavy atom. The number of aryl methyl sites for hydroxylation is 1. The second-order valence-corrected chi connectivity index (χ2v) is 6.21. The third-order valence-corrected chi connectivity index (χ3v) is 4.01.